The summed E-state index contributed by atoms with van der Waals surface area (Å²) in [5.74, 6) is -0.354. The Morgan fingerprint density at radius 1 is 1.09 bits per heavy atom. The van der Waals surface area contributed by atoms with Gasteiger partial charge in [-0.05, 0) is 51.0 Å². The van der Waals surface area contributed by atoms with Crippen molar-refractivity contribution in [2.24, 2.45) is 0 Å². The highest BCUT2D eigenvalue weighted by Gasteiger charge is 2.15. The Balaban J connectivity index is 1.85. The van der Waals surface area contributed by atoms with Crippen LogP contribution < -0.4 is 10.6 Å². The maximum absolute atomic E-state index is 11.9. The largest absolute Gasteiger partial charge is 0.459 e. The van der Waals surface area contributed by atoms with Gasteiger partial charge in [0, 0.05) is 11.7 Å². The van der Waals surface area contributed by atoms with Gasteiger partial charge in [-0.1, -0.05) is 19.3 Å². The number of urea groups is 1. The molecule has 0 aliphatic heterocycles. The molecule has 0 radical (unpaired) electrons. The van der Waals surface area contributed by atoms with Gasteiger partial charge in [0.25, 0.3) is 0 Å². The summed E-state index contributed by atoms with van der Waals surface area (Å²) in [5.41, 5.74) is 1.14. The van der Waals surface area contributed by atoms with Gasteiger partial charge in [-0.25, -0.2) is 9.59 Å². The summed E-state index contributed by atoms with van der Waals surface area (Å²) in [6, 6.07) is 6.80. The number of esters is 1. The second-order valence-corrected chi connectivity index (χ2v) is 5.96. The molecule has 5 nitrogen and oxygen atoms in total. The third-order valence-electron chi connectivity index (χ3n) is 3.66. The van der Waals surface area contributed by atoms with Crippen molar-refractivity contribution in [3.63, 3.8) is 0 Å². The van der Waals surface area contributed by atoms with E-state index in [0.717, 1.165) is 12.8 Å². The average molecular weight is 304 g/mol. The van der Waals surface area contributed by atoms with E-state index in [9.17, 15) is 9.59 Å². The minimum absolute atomic E-state index is 0.147. The molecule has 0 spiro atoms. The second-order valence-electron chi connectivity index (χ2n) is 5.96. The molecule has 0 aromatic heterocycles. The maximum Gasteiger partial charge on any atom is 0.338 e. The van der Waals surface area contributed by atoms with E-state index in [2.05, 4.69) is 10.6 Å². The first-order valence-corrected chi connectivity index (χ1v) is 7.93. The van der Waals surface area contributed by atoms with E-state index in [1.807, 2.05) is 13.8 Å². The van der Waals surface area contributed by atoms with Gasteiger partial charge in [-0.15, -0.1) is 0 Å². The molecule has 22 heavy (non-hydrogen) atoms. The smallest absolute Gasteiger partial charge is 0.338 e. The molecule has 2 N–H and O–H groups in total. The van der Waals surface area contributed by atoms with Crippen molar-refractivity contribution in [3.8, 4) is 0 Å². The Hall–Kier alpha value is -2.04. The molecule has 1 saturated carbocycles. The van der Waals surface area contributed by atoms with E-state index < -0.39 is 0 Å². The maximum atomic E-state index is 11.9. The standard InChI is InChI=1S/C17H24N2O3/c1-12(2)22-16(20)13-8-10-15(11-9-13)19-17(21)18-14-6-4-3-5-7-14/h8-12,14H,3-7H2,1-2H3,(H2,18,19,21). The van der Waals surface area contributed by atoms with Crippen LogP contribution in [0.25, 0.3) is 0 Å². The van der Waals surface area contributed by atoms with E-state index in [4.69, 9.17) is 4.74 Å². The molecule has 1 aliphatic rings. The summed E-state index contributed by atoms with van der Waals surface area (Å²) in [4.78, 5) is 23.7. The van der Waals surface area contributed by atoms with Crippen LogP contribution in [0.15, 0.2) is 24.3 Å². The van der Waals surface area contributed by atoms with Crippen molar-refractivity contribution in [1.29, 1.82) is 0 Å². The fourth-order valence-electron chi connectivity index (χ4n) is 2.57. The van der Waals surface area contributed by atoms with Crippen molar-refractivity contribution in [1.82, 2.24) is 5.32 Å². The van der Waals surface area contributed by atoms with Crippen molar-refractivity contribution in [2.75, 3.05) is 5.32 Å². The molecule has 0 heterocycles. The van der Waals surface area contributed by atoms with Crippen molar-refractivity contribution >= 4 is 17.7 Å². The zero-order valence-corrected chi connectivity index (χ0v) is 13.2. The van der Waals surface area contributed by atoms with E-state index >= 15 is 0 Å². The summed E-state index contributed by atoms with van der Waals surface area (Å²) in [7, 11) is 0. The molecule has 0 atom stereocenters. The molecule has 1 aliphatic carbocycles. The minimum Gasteiger partial charge on any atom is -0.459 e. The van der Waals surface area contributed by atoms with E-state index in [1.165, 1.54) is 19.3 Å². The van der Waals surface area contributed by atoms with Gasteiger partial charge in [0.2, 0.25) is 0 Å². The van der Waals surface area contributed by atoms with Crippen LogP contribution in [-0.4, -0.2) is 24.1 Å². The van der Waals surface area contributed by atoms with Crippen LogP contribution >= 0.6 is 0 Å². The van der Waals surface area contributed by atoms with Crippen LogP contribution in [0.2, 0.25) is 0 Å². The van der Waals surface area contributed by atoms with Gasteiger partial charge in [-0.3, -0.25) is 0 Å². The average Bonchev–Trinajstić information content (AvgIpc) is 2.48. The normalized spacial score (nSPS) is 15.4. The quantitative estimate of drug-likeness (QED) is 0.833. The number of hydrogen-bond acceptors (Lipinski definition) is 3. The molecule has 120 valence electrons. The van der Waals surface area contributed by atoms with Crippen LogP contribution in [0.3, 0.4) is 0 Å². The number of nitrogens with one attached hydrogen (secondary N) is 2. The number of hydrogen-bond donors (Lipinski definition) is 2. The highest BCUT2D eigenvalue weighted by atomic mass is 16.5. The molecular weight excluding hydrogens is 280 g/mol. The summed E-state index contributed by atoms with van der Waals surface area (Å²) in [5, 5.41) is 5.78. The summed E-state index contributed by atoms with van der Waals surface area (Å²) in [6.45, 7) is 3.62. The number of ether oxygens (including phenoxy) is 1. The molecule has 0 unspecified atom stereocenters. The third kappa shape index (κ3) is 5.06. The lowest BCUT2D eigenvalue weighted by Crippen LogP contribution is -2.39. The fraction of sp³-hybridized carbons (Fsp3) is 0.529. The first-order chi connectivity index (χ1) is 10.5. The van der Waals surface area contributed by atoms with E-state index in [0.29, 0.717) is 11.3 Å². The van der Waals surface area contributed by atoms with E-state index in [1.54, 1.807) is 24.3 Å². The second kappa shape index (κ2) is 7.82. The number of amides is 2. The summed E-state index contributed by atoms with van der Waals surface area (Å²) in [6.07, 6.45) is 5.57. The Bertz CT molecular complexity index is 505. The molecule has 1 aromatic rings. The first-order valence-electron chi connectivity index (χ1n) is 7.93. The number of carbonyl (C=O) groups excluding carboxylic acids is 2. The van der Waals surface area contributed by atoms with Gasteiger partial charge in [0.15, 0.2) is 0 Å². The van der Waals surface area contributed by atoms with Gasteiger partial charge in [0.1, 0.15) is 0 Å². The zero-order chi connectivity index (χ0) is 15.9. The molecule has 1 fully saturated rings. The van der Waals surface area contributed by atoms with Crippen molar-refractivity contribution < 1.29 is 14.3 Å². The lowest BCUT2D eigenvalue weighted by atomic mass is 9.96. The summed E-state index contributed by atoms with van der Waals surface area (Å²) >= 11 is 0. The zero-order valence-electron chi connectivity index (χ0n) is 13.2. The molecule has 0 bridgehead atoms. The Morgan fingerprint density at radius 2 is 1.73 bits per heavy atom. The molecule has 1 aromatic carbocycles. The predicted molar refractivity (Wildman–Crippen MR) is 86.0 cm³/mol. The van der Waals surface area contributed by atoms with Gasteiger partial charge in [0.05, 0.1) is 11.7 Å². The molecule has 2 rings (SSSR count). The summed E-state index contributed by atoms with van der Waals surface area (Å²) < 4.78 is 5.12. The highest BCUT2D eigenvalue weighted by molar-refractivity contribution is 5.92. The topological polar surface area (TPSA) is 67.4 Å². The van der Waals surface area contributed by atoms with Crippen LogP contribution in [0.1, 0.15) is 56.3 Å². The molecule has 2 amide bonds. The first kappa shape index (κ1) is 16.3. The van der Waals surface area contributed by atoms with Gasteiger partial charge >= 0.3 is 12.0 Å². The number of benzene rings is 1. The number of rotatable bonds is 4. The fourth-order valence-corrected chi connectivity index (χ4v) is 2.57. The van der Waals surface area contributed by atoms with Crippen LogP contribution in [0, 0.1) is 0 Å². The van der Waals surface area contributed by atoms with Crippen molar-refractivity contribution in [3.05, 3.63) is 29.8 Å². The lowest BCUT2D eigenvalue weighted by molar-refractivity contribution is 0.0378. The Kier molecular flexibility index (Phi) is 5.81. The molecule has 5 heteroatoms. The SMILES string of the molecule is CC(C)OC(=O)c1ccc(NC(=O)NC2CCCCC2)cc1. The van der Waals surface area contributed by atoms with Gasteiger partial charge < -0.3 is 15.4 Å². The number of anilines is 1. The van der Waals surface area contributed by atoms with Crippen molar-refractivity contribution in [2.45, 2.75) is 58.1 Å². The monoisotopic (exact) mass is 304 g/mol. The third-order valence-corrected chi connectivity index (χ3v) is 3.66. The molecule has 0 saturated heterocycles. The van der Waals surface area contributed by atoms with E-state index in [-0.39, 0.29) is 24.1 Å². The molecular formula is C17H24N2O3. The van der Waals surface area contributed by atoms with Crippen LogP contribution in [-0.2, 0) is 4.74 Å². The Labute approximate surface area is 131 Å². The highest BCUT2D eigenvalue weighted by Crippen LogP contribution is 2.17. The Morgan fingerprint density at radius 3 is 2.32 bits per heavy atom. The number of carbonyl (C=O) groups is 2. The van der Waals surface area contributed by atoms with Gasteiger partial charge in [-0.2, -0.15) is 0 Å². The van der Waals surface area contributed by atoms with Crippen LogP contribution in [0.4, 0.5) is 10.5 Å². The van der Waals surface area contributed by atoms with Crippen LogP contribution in [0.5, 0.6) is 0 Å². The minimum atomic E-state index is -0.354. The lowest BCUT2D eigenvalue weighted by Gasteiger charge is -2.22. The predicted octanol–water partition coefficient (Wildman–Crippen LogP) is 3.71.